The Morgan fingerprint density at radius 1 is 1.00 bits per heavy atom. The first-order valence-electron chi connectivity index (χ1n) is 5.85. The van der Waals surface area contributed by atoms with Crippen LogP contribution in [-0.4, -0.2) is 0 Å². The van der Waals surface area contributed by atoms with Crippen molar-refractivity contribution in [2.45, 2.75) is 6.04 Å². The molecule has 19 heavy (non-hydrogen) atoms. The first-order valence-corrected chi connectivity index (χ1v) is 7.02. The fraction of sp³-hybridized carbons (Fsp3) is 0.0667. The van der Waals surface area contributed by atoms with Crippen LogP contribution in [0.3, 0.4) is 0 Å². The average molecular weight is 337 g/mol. The number of rotatable bonds is 2. The quantitative estimate of drug-likeness (QED) is 0.723. The van der Waals surface area contributed by atoms with E-state index in [0.29, 0.717) is 11.0 Å². The van der Waals surface area contributed by atoms with Gasteiger partial charge in [0, 0.05) is 4.47 Å². The second kappa shape index (κ2) is 5.00. The van der Waals surface area contributed by atoms with E-state index in [-0.39, 0.29) is 6.04 Å². The Morgan fingerprint density at radius 2 is 1.74 bits per heavy atom. The third kappa shape index (κ3) is 2.29. The first-order chi connectivity index (χ1) is 9.16. The zero-order valence-electron chi connectivity index (χ0n) is 9.94. The van der Waals surface area contributed by atoms with E-state index in [1.54, 1.807) is 6.07 Å². The number of hydrogen-bond acceptors (Lipinski definition) is 2. The highest BCUT2D eigenvalue weighted by molar-refractivity contribution is 9.10. The maximum Gasteiger partial charge on any atom is 0.193 e. The molecule has 1 unspecified atom stereocenters. The van der Waals surface area contributed by atoms with Crippen molar-refractivity contribution in [3.63, 3.8) is 0 Å². The summed E-state index contributed by atoms with van der Waals surface area (Å²) in [6.45, 7) is 0. The van der Waals surface area contributed by atoms with Crippen molar-refractivity contribution in [3.8, 4) is 0 Å². The van der Waals surface area contributed by atoms with Crippen LogP contribution >= 0.6 is 27.5 Å². The van der Waals surface area contributed by atoms with Crippen molar-refractivity contribution < 1.29 is 4.42 Å². The molecule has 0 radical (unpaired) electrons. The highest BCUT2D eigenvalue weighted by atomic mass is 79.9. The van der Waals surface area contributed by atoms with Gasteiger partial charge in [-0.05, 0) is 46.1 Å². The van der Waals surface area contributed by atoms with Gasteiger partial charge in [-0.25, -0.2) is 0 Å². The molecule has 0 fully saturated rings. The summed E-state index contributed by atoms with van der Waals surface area (Å²) < 4.78 is 6.46. The summed E-state index contributed by atoms with van der Waals surface area (Å²) in [5, 5.41) is 2.59. The summed E-state index contributed by atoms with van der Waals surface area (Å²) in [5.74, 6) is 0.664. The van der Waals surface area contributed by atoms with E-state index < -0.39 is 0 Å². The summed E-state index contributed by atoms with van der Waals surface area (Å²) in [6, 6.07) is 15.3. The largest absolute Gasteiger partial charge is 0.448 e. The smallest absolute Gasteiger partial charge is 0.193 e. The number of fused-ring (bicyclic) bond motifs is 1. The SMILES string of the molecule is NC(c1ccc(Cl)o1)c1ccc(Br)c2ccccc12. The molecule has 2 aromatic carbocycles. The zero-order valence-corrected chi connectivity index (χ0v) is 12.3. The average Bonchev–Trinajstić information content (AvgIpc) is 2.86. The Labute approximate surface area is 124 Å². The lowest BCUT2D eigenvalue weighted by Crippen LogP contribution is -2.11. The predicted octanol–water partition coefficient (Wildman–Crippen LogP) is 4.90. The lowest BCUT2D eigenvalue weighted by Gasteiger charge is -2.13. The standard InChI is InChI=1S/C15H11BrClNO/c16-12-6-5-11(9-3-1-2-4-10(9)12)15(18)13-7-8-14(17)19-13/h1-8,15H,18H2. The van der Waals surface area contributed by atoms with Gasteiger partial charge in [-0.15, -0.1) is 0 Å². The number of furan rings is 1. The van der Waals surface area contributed by atoms with Crippen molar-refractivity contribution in [2.75, 3.05) is 0 Å². The van der Waals surface area contributed by atoms with Crippen molar-refractivity contribution in [3.05, 3.63) is 69.5 Å². The molecule has 3 rings (SSSR count). The lowest BCUT2D eigenvalue weighted by atomic mass is 9.98. The molecule has 0 aliphatic heterocycles. The monoisotopic (exact) mass is 335 g/mol. The molecule has 2 N–H and O–H groups in total. The van der Waals surface area contributed by atoms with E-state index >= 15 is 0 Å². The molecule has 1 heterocycles. The van der Waals surface area contributed by atoms with Gasteiger partial charge in [-0.1, -0.05) is 46.3 Å². The molecule has 0 amide bonds. The van der Waals surface area contributed by atoms with Crippen molar-refractivity contribution >= 4 is 38.3 Å². The van der Waals surface area contributed by atoms with Gasteiger partial charge in [-0.2, -0.15) is 0 Å². The second-order valence-corrected chi connectivity index (χ2v) is 5.53. The topological polar surface area (TPSA) is 39.2 Å². The van der Waals surface area contributed by atoms with E-state index in [2.05, 4.69) is 28.1 Å². The minimum Gasteiger partial charge on any atom is -0.448 e. The Bertz CT molecular complexity index is 738. The van der Waals surface area contributed by atoms with Crippen molar-refractivity contribution in [1.82, 2.24) is 0 Å². The molecule has 4 heteroatoms. The Hall–Kier alpha value is -1.29. The van der Waals surface area contributed by atoms with Crippen LogP contribution < -0.4 is 5.73 Å². The van der Waals surface area contributed by atoms with Crippen LogP contribution in [0.2, 0.25) is 5.22 Å². The molecule has 0 bridgehead atoms. The van der Waals surface area contributed by atoms with Gasteiger partial charge < -0.3 is 10.2 Å². The molecule has 0 aliphatic carbocycles. The fourth-order valence-corrected chi connectivity index (χ4v) is 2.84. The molecular formula is C15H11BrClNO. The fourth-order valence-electron chi connectivity index (χ4n) is 2.21. The molecular weight excluding hydrogens is 326 g/mol. The van der Waals surface area contributed by atoms with Gasteiger partial charge in [0.25, 0.3) is 0 Å². The highest BCUT2D eigenvalue weighted by Crippen LogP contribution is 2.32. The lowest BCUT2D eigenvalue weighted by molar-refractivity contribution is 0.492. The Balaban J connectivity index is 2.18. The normalized spacial score (nSPS) is 12.8. The summed E-state index contributed by atoms with van der Waals surface area (Å²) in [6.07, 6.45) is 0. The first kappa shape index (κ1) is 12.7. The van der Waals surface area contributed by atoms with Gasteiger partial charge in [0.2, 0.25) is 0 Å². The van der Waals surface area contributed by atoms with Gasteiger partial charge in [0.05, 0.1) is 6.04 Å². The molecule has 0 saturated carbocycles. The minimum atomic E-state index is -0.328. The van der Waals surface area contributed by atoms with E-state index in [4.69, 9.17) is 21.8 Å². The molecule has 0 aliphatic rings. The molecule has 0 saturated heterocycles. The van der Waals surface area contributed by atoms with Crippen LogP contribution in [-0.2, 0) is 0 Å². The molecule has 1 aromatic heterocycles. The summed E-state index contributed by atoms with van der Waals surface area (Å²) >= 11 is 9.36. The van der Waals surface area contributed by atoms with Gasteiger partial charge in [-0.3, -0.25) is 0 Å². The second-order valence-electron chi connectivity index (χ2n) is 4.30. The van der Waals surface area contributed by atoms with E-state index in [1.807, 2.05) is 30.3 Å². The van der Waals surface area contributed by atoms with Gasteiger partial charge in [0.15, 0.2) is 5.22 Å². The third-order valence-corrected chi connectivity index (χ3v) is 4.03. The third-order valence-electron chi connectivity index (χ3n) is 3.14. The van der Waals surface area contributed by atoms with E-state index in [0.717, 1.165) is 20.8 Å². The van der Waals surface area contributed by atoms with E-state index in [1.165, 1.54) is 0 Å². The summed E-state index contributed by atoms with van der Waals surface area (Å²) in [4.78, 5) is 0. The molecule has 1 atom stereocenters. The van der Waals surface area contributed by atoms with Crippen LogP contribution in [0.15, 0.2) is 57.4 Å². The number of halogens is 2. The summed E-state index contributed by atoms with van der Waals surface area (Å²) in [5.41, 5.74) is 7.30. The minimum absolute atomic E-state index is 0.328. The van der Waals surface area contributed by atoms with Gasteiger partial charge in [0.1, 0.15) is 5.76 Å². The predicted molar refractivity (Wildman–Crippen MR) is 81.4 cm³/mol. The van der Waals surface area contributed by atoms with Crippen LogP contribution in [0.5, 0.6) is 0 Å². The molecule has 96 valence electrons. The maximum absolute atomic E-state index is 6.28. The van der Waals surface area contributed by atoms with Crippen LogP contribution in [0.1, 0.15) is 17.4 Å². The maximum atomic E-state index is 6.28. The Morgan fingerprint density at radius 3 is 2.42 bits per heavy atom. The molecule has 3 aromatic rings. The van der Waals surface area contributed by atoms with Crippen LogP contribution in [0.25, 0.3) is 10.8 Å². The number of hydrogen-bond donors (Lipinski definition) is 1. The molecule has 0 spiro atoms. The van der Waals surface area contributed by atoms with Gasteiger partial charge >= 0.3 is 0 Å². The highest BCUT2D eigenvalue weighted by Gasteiger charge is 2.16. The van der Waals surface area contributed by atoms with Crippen molar-refractivity contribution in [1.29, 1.82) is 0 Å². The van der Waals surface area contributed by atoms with Crippen molar-refractivity contribution in [2.24, 2.45) is 5.73 Å². The Kier molecular flexibility index (Phi) is 3.35. The molecule has 2 nitrogen and oxygen atoms in total. The van der Waals surface area contributed by atoms with E-state index in [9.17, 15) is 0 Å². The number of nitrogens with two attached hydrogens (primary N) is 1. The van der Waals surface area contributed by atoms with Crippen LogP contribution in [0.4, 0.5) is 0 Å². The number of benzene rings is 2. The van der Waals surface area contributed by atoms with Crippen LogP contribution in [0, 0.1) is 0 Å². The zero-order chi connectivity index (χ0) is 13.4. The summed E-state index contributed by atoms with van der Waals surface area (Å²) in [7, 11) is 0.